The number of carboxylic acid groups (broad SMARTS) is 1. The highest BCUT2D eigenvalue weighted by atomic mass is 19.3. The van der Waals surface area contributed by atoms with Crippen molar-refractivity contribution in [1.82, 2.24) is 0 Å². The molecule has 9 heteroatoms. The molecule has 0 atom stereocenters. The minimum absolute atomic E-state index is 0.0948. The molecule has 1 aromatic rings. The van der Waals surface area contributed by atoms with Gasteiger partial charge in [-0.1, -0.05) is 0 Å². The second-order valence-electron chi connectivity index (χ2n) is 8.77. The Balaban J connectivity index is 1.24. The maximum atomic E-state index is 13.0. The normalized spacial score (nSPS) is 28.9. The molecule has 0 radical (unpaired) electrons. The molecule has 1 aromatic carbocycles. The quantitative estimate of drug-likeness (QED) is 0.490. The third-order valence-electron chi connectivity index (χ3n) is 6.64. The highest BCUT2D eigenvalue weighted by Gasteiger charge is 2.48. The fraction of sp³-hybridized carbons (Fsp3) is 0.591. The standard InChI is InChI=1S/C22H24F2O7/c23-22(24,21(27)28)10-29-19(25)14-1-3-15(4-2-14)20(26)31-11-30-18-16-6-12-5-13(8-16)9-17(18)7-12/h1-4,12-13,16-18H,5-11H2,(H,27,28). The molecule has 0 aromatic heterocycles. The zero-order valence-electron chi connectivity index (χ0n) is 16.8. The van der Waals surface area contributed by atoms with E-state index in [4.69, 9.17) is 14.6 Å². The molecule has 4 saturated carbocycles. The molecule has 0 heterocycles. The van der Waals surface area contributed by atoms with Crippen molar-refractivity contribution in [2.45, 2.75) is 44.1 Å². The van der Waals surface area contributed by atoms with Crippen LogP contribution in [0, 0.1) is 23.7 Å². The molecule has 1 N–H and O–H groups in total. The number of carbonyl (C=O) groups is 3. The lowest BCUT2D eigenvalue weighted by Gasteiger charge is -2.53. The van der Waals surface area contributed by atoms with Gasteiger partial charge in [0.05, 0.1) is 17.2 Å². The lowest BCUT2D eigenvalue weighted by molar-refractivity contribution is -0.170. The minimum Gasteiger partial charge on any atom is -0.477 e. The number of rotatable bonds is 8. The van der Waals surface area contributed by atoms with E-state index >= 15 is 0 Å². The van der Waals surface area contributed by atoms with E-state index in [1.807, 2.05) is 0 Å². The Morgan fingerprint density at radius 1 is 0.871 bits per heavy atom. The van der Waals surface area contributed by atoms with E-state index in [0.717, 1.165) is 11.8 Å². The highest BCUT2D eigenvalue weighted by molar-refractivity contribution is 5.93. The molecule has 4 fully saturated rings. The molecule has 0 unspecified atom stereocenters. The van der Waals surface area contributed by atoms with Gasteiger partial charge in [-0.05, 0) is 80.0 Å². The van der Waals surface area contributed by atoms with E-state index in [1.165, 1.54) is 56.4 Å². The third-order valence-corrected chi connectivity index (χ3v) is 6.64. The van der Waals surface area contributed by atoms with Crippen LogP contribution < -0.4 is 0 Å². The number of benzene rings is 1. The number of hydrogen-bond acceptors (Lipinski definition) is 6. The first kappa shape index (κ1) is 21.7. The summed E-state index contributed by atoms with van der Waals surface area (Å²) in [5, 5.41) is 8.33. The van der Waals surface area contributed by atoms with Gasteiger partial charge in [-0.15, -0.1) is 0 Å². The lowest BCUT2D eigenvalue weighted by atomic mass is 9.55. The average Bonchev–Trinajstić information content (AvgIpc) is 2.73. The Bertz CT molecular complexity index is 824. The van der Waals surface area contributed by atoms with Gasteiger partial charge in [-0.3, -0.25) is 0 Å². The molecule has 0 saturated heterocycles. The molecule has 4 bridgehead atoms. The van der Waals surface area contributed by atoms with Crippen molar-refractivity contribution in [1.29, 1.82) is 0 Å². The number of aliphatic carboxylic acids is 1. The Hall–Kier alpha value is -2.55. The molecular formula is C22H24F2O7. The van der Waals surface area contributed by atoms with Crippen LogP contribution in [0.25, 0.3) is 0 Å². The van der Waals surface area contributed by atoms with Crippen LogP contribution in [0.5, 0.6) is 0 Å². The number of esters is 2. The largest absolute Gasteiger partial charge is 0.477 e. The average molecular weight is 438 g/mol. The number of halogens is 2. The van der Waals surface area contributed by atoms with E-state index in [2.05, 4.69) is 4.74 Å². The second-order valence-corrected chi connectivity index (χ2v) is 8.77. The van der Waals surface area contributed by atoms with Gasteiger partial charge in [0.25, 0.3) is 0 Å². The monoisotopic (exact) mass is 438 g/mol. The molecule has 31 heavy (non-hydrogen) atoms. The Morgan fingerprint density at radius 2 is 1.35 bits per heavy atom. The van der Waals surface area contributed by atoms with Gasteiger partial charge in [-0.25, -0.2) is 14.4 Å². The van der Waals surface area contributed by atoms with Crippen molar-refractivity contribution in [2.24, 2.45) is 23.7 Å². The summed E-state index contributed by atoms with van der Waals surface area (Å²) in [6.07, 6.45) is 6.27. The summed E-state index contributed by atoms with van der Waals surface area (Å²) in [4.78, 5) is 34.3. The Kier molecular flexibility index (Phi) is 5.96. The first-order valence-electron chi connectivity index (χ1n) is 10.4. The van der Waals surface area contributed by atoms with Crippen molar-refractivity contribution in [2.75, 3.05) is 13.4 Å². The topological polar surface area (TPSA) is 99.1 Å². The predicted octanol–water partition coefficient (Wildman–Crippen LogP) is 3.52. The molecule has 5 rings (SSSR count). The van der Waals surface area contributed by atoms with Crippen LogP contribution in [0.3, 0.4) is 0 Å². The van der Waals surface area contributed by atoms with Gasteiger partial charge in [0.1, 0.15) is 0 Å². The van der Waals surface area contributed by atoms with Crippen LogP contribution in [0.1, 0.15) is 52.8 Å². The zero-order chi connectivity index (χ0) is 22.2. The Morgan fingerprint density at radius 3 is 1.84 bits per heavy atom. The summed E-state index contributed by atoms with van der Waals surface area (Å²) in [6, 6.07) is 5.04. The van der Waals surface area contributed by atoms with Crippen molar-refractivity contribution < 1.29 is 42.5 Å². The van der Waals surface area contributed by atoms with Crippen molar-refractivity contribution >= 4 is 17.9 Å². The van der Waals surface area contributed by atoms with Crippen LogP contribution in [-0.2, 0) is 19.0 Å². The molecule has 0 spiro atoms. The Labute approximate surface area is 177 Å². The molecule has 0 aliphatic heterocycles. The van der Waals surface area contributed by atoms with Crippen LogP contribution >= 0.6 is 0 Å². The van der Waals surface area contributed by atoms with Crippen molar-refractivity contribution in [3.05, 3.63) is 35.4 Å². The maximum Gasteiger partial charge on any atom is 0.378 e. The third kappa shape index (κ3) is 4.71. The van der Waals surface area contributed by atoms with E-state index < -0.39 is 30.4 Å². The number of carbonyl (C=O) groups excluding carboxylic acids is 2. The smallest absolute Gasteiger partial charge is 0.378 e. The van der Waals surface area contributed by atoms with Crippen molar-refractivity contribution in [3.8, 4) is 0 Å². The molecule has 4 aliphatic carbocycles. The molecule has 168 valence electrons. The molecule has 0 amide bonds. The number of carboxylic acids is 1. The summed E-state index contributed by atoms with van der Waals surface area (Å²) >= 11 is 0. The minimum atomic E-state index is -4.17. The van der Waals surface area contributed by atoms with E-state index in [9.17, 15) is 23.2 Å². The zero-order valence-corrected chi connectivity index (χ0v) is 16.8. The summed E-state index contributed by atoms with van der Waals surface area (Å²) in [5.74, 6) is -5.55. The molecule has 4 aliphatic rings. The number of ether oxygens (including phenoxy) is 3. The van der Waals surface area contributed by atoms with Gasteiger partial charge in [0, 0.05) is 0 Å². The number of hydrogen-bond donors (Lipinski definition) is 1. The second kappa shape index (κ2) is 8.53. The fourth-order valence-electron chi connectivity index (χ4n) is 5.44. The first-order valence-corrected chi connectivity index (χ1v) is 10.4. The molecule has 7 nitrogen and oxygen atoms in total. The molecular weight excluding hydrogens is 414 g/mol. The highest BCUT2D eigenvalue weighted by Crippen LogP contribution is 2.54. The summed E-state index contributed by atoms with van der Waals surface area (Å²) in [5.41, 5.74) is 0.0729. The number of alkyl halides is 2. The lowest BCUT2D eigenvalue weighted by Crippen LogP contribution is -2.49. The SMILES string of the molecule is O=C(OCOC1C2CC3CC(C2)CC1C3)c1ccc(C(=O)OCC(F)(F)C(=O)O)cc1. The van der Waals surface area contributed by atoms with Crippen LogP contribution in [-0.4, -0.2) is 48.4 Å². The summed E-state index contributed by atoms with van der Waals surface area (Å²) in [7, 11) is 0. The van der Waals surface area contributed by atoms with Gasteiger partial charge in [0.2, 0.25) is 0 Å². The summed E-state index contributed by atoms with van der Waals surface area (Å²) < 4.78 is 41.4. The summed E-state index contributed by atoms with van der Waals surface area (Å²) in [6.45, 7) is -1.72. The predicted molar refractivity (Wildman–Crippen MR) is 102 cm³/mol. The van der Waals surface area contributed by atoms with E-state index in [0.29, 0.717) is 11.8 Å². The van der Waals surface area contributed by atoms with Crippen LogP contribution in [0.2, 0.25) is 0 Å². The maximum absolute atomic E-state index is 13.0. The van der Waals surface area contributed by atoms with Gasteiger partial charge >= 0.3 is 23.8 Å². The van der Waals surface area contributed by atoms with Gasteiger partial charge in [0.15, 0.2) is 13.4 Å². The fourth-order valence-corrected chi connectivity index (χ4v) is 5.44. The van der Waals surface area contributed by atoms with Gasteiger partial charge < -0.3 is 19.3 Å². The van der Waals surface area contributed by atoms with Crippen LogP contribution in [0.15, 0.2) is 24.3 Å². The van der Waals surface area contributed by atoms with E-state index in [1.54, 1.807) is 0 Å². The van der Waals surface area contributed by atoms with E-state index in [-0.39, 0.29) is 24.0 Å². The van der Waals surface area contributed by atoms with Crippen molar-refractivity contribution in [3.63, 3.8) is 0 Å². The first-order chi connectivity index (χ1) is 14.7. The van der Waals surface area contributed by atoms with Gasteiger partial charge in [-0.2, -0.15) is 8.78 Å². The van der Waals surface area contributed by atoms with Crippen LogP contribution in [0.4, 0.5) is 8.78 Å².